The number of hydrogen-bond donors (Lipinski definition) is 0. The molecule has 0 aromatic carbocycles. The fraction of sp³-hybridized carbons (Fsp3) is 0.478. The molecule has 3 fully saturated rings. The molecule has 2 aliphatic heterocycles. The van der Waals surface area contributed by atoms with Gasteiger partial charge in [-0.1, -0.05) is 0 Å². The lowest BCUT2D eigenvalue weighted by molar-refractivity contribution is -0.137. The van der Waals surface area contributed by atoms with Crippen molar-refractivity contribution in [1.82, 2.24) is 14.9 Å². The second kappa shape index (κ2) is 9.52. The minimum absolute atomic E-state index is 0. The summed E-state index contributed by atoms with van der Waals surface area (Å²) in [5, 5.41) is 0. The quantitative estimate of drug-likeness (QED) is 0.615. The minimum Gasteiger partial charge on any atom is -0.447 e. The Balaban J connectivity index is 0.00000289. The summed E-state index contributed by atoms with van der Waals surface area (Å²) in [5.74, 6) is 0.945. The van der Waals surface area contributed by atoms with Gasteiger partial charge in [-0.2, -0.15) is 13.2 Å². The van der Waals surface area contributed by atoms with Crippen LogP contribution in [0.15, 0.2) is 30.6 Å². The Bertz CT molecular complexity index is 1100. The van der Waals surface area contributed by atoms with E-state index in [2.05, 4.69) is 9.97 Å². The van der Waals surface area contributed by atoms with Gasteiger partial charge in [0.2, 0.25) is 0 Å². The highest BCUT2D eigenvalue weighted by Gasteiger charge is 2.36. The van der Waals surface area contributed by atoms with Gasteiger partial charge in [0.25, 0.3) is 5.91 Å². The van der Waals surface area contributed by atoms with Crippen LogP contribution in [0.25, 0.3) is 0 Å². The number of amides is 2. The molecular weight excluding hydrogens is 487 g/mol. The standard InChI is InChI=1S/C23H24F3N5O3.ClH/c1-14-13-34-22(33)31(14)19-5-4-16(11-27-19)21(32)30-8-6-29(7-9-30)20-18(15-2-3-15)10-17(12-28-20)23(24,25)26;/h4-5,10-12,14-15H,2-3,6-9,13H2,1H3;1H/t14-;/m1./s1. The largest absolute Gasteiger partial charge is 0.447 e. The van der Waals surface area contributed by atoms with Crippen LogP contribution < -0.4 is 9.80 Å². The van der Waals surface area contributed by atoms with Gasteiger partial charge in [0, 0.05) is 38.6 Å². The highest BCUT2D eigenvalue weighted by Crippen LogP contribution is 2.45. The molecular formula is C23H25ClF3N5O3. The molecule has 8 nitrogen and oxygen atoms in total. The summed E-state index contributed by atoms with van der Waals surface area (Å²) in [7, 11) is 0. The van der Waals surface area contributed by atoms with Crippen LogP contribution in [0.2, 0.25) is 0 Å². The van der Waals surface area contributed by atoms with Crippen LogP contribution in [0, 0.1) is 0 Å². The number of rotatable bonds is 4. The van der Waals surface area contributed by atoms with Crippen molar-refractivity contribution < 1.29 is 27.5 Å². The Morgan fingerprint density at radius 3 is 2.34 bits per heavy atom. The van der Waals surface area contributed by atoms with Crippen LogP contribution in [0.3, 0.4) is 0 Å². The molecule has 2 saturated heterocycles. The van der Waals surface area contributed by atoms with Crippen LogP contribution in [0.1, 0.15) is 47.2 Å². The van der Waals surface area contributed by atoms with Gasteiger partial charge >= 0.3 is 12.3 Å². The van der Waals surface area contributed by atoms with Crippen molar-refractivity contribution in [2.75, 3.05) is 42.6 Å². The van der Waals surface area contributed by atoms with Gasteiger partial charge in [-0.25, -0.2) is 14.8 Å². The first-order valence-electron chi connectivity index (χ1n) is 11.3. The van der Waals surface area contributed by atoms with Gasteiger partial charge < -0.3 is 14.5 Å². The molecule has 1 aliphatic carbocycles. The summed E-state index contributed by atoms with van der Waals surface area (Å²) in [5.41, 5.74) is 0.326. The van der Waals surface area contributed by atoms with Crippen LogP contribution in [-0.4, -0.2) is 65.7 Å². The zero-order valence-corrected chi connectivity index (χ0v) is 19.8. The summed E-state index contributed by atoms with van der Waals surface area (Å²) < 4.78 is 44.5. The number of halogens is 4. The van der Waals surface area contributed by atoms with E-state index in [-0.39, 0.29) is 30.3 Å². The number of alkyl halides is 3. The highest BCUT2D eigenvalue weighted by molar-refractivity contribution is 5.95. The van der Waals surface area contributed by atoms with Crippen molar-refractivity contribution in [3.63, 3.8) is 0 Å². The Hall–Kier alpha value is -3.08. The van der Waals surface area contributed by atoms with Gasteiger partial charge in [-0.05, 0) is 49.4 Å². The van der Waals surface area contributed by atoms with Crippen molar-refractivity contribution in [3.05, 3.63) is 47.3 Å². The average molecular weight is 512 g/mol. The zero-order chi connectivity index (χ0) is 24.0. The van der Waals surface area contributed by atoms with Crippen LogP contribution >= 0.6 is 12.4 Å². The molecule has 2 aromatic rings. The van der Waals surface area contributed by atoms with E-state index in [0.717, 1.165) is 19.0 Å². The SMILES string of the molecule is C[C@@H]1COC(=O)N1c1ccc(C(=O)N2CCN(c3ncc(C(F)(F)F)cc3C3CC3)CC2)cn1.Cl. The number of carbonyl (C=O) groups excluding carboxylic acids is 2. The summed E-state index contributed by atoms with van der Waals surface area (Å²) in [6.45, 7) is 3.94. The maximum atomic E-state index is 13.1. The van der Waals surface area contributed by atoms with Crippen LogP contribution in [0.5, 0.6) is 0 Å². The van der Waals surface area contributed by atoms with Crippen molar-refractivity contribution in [2.24, 2.45) is 0 Å². The average Bonchev–Trinajstić information content (AvgIpc) is 3.62. The molecule has 0 bridgehead atoms. The maximum absolute atomic E-state index is 13.1. The Kier molecular flexibility index (Phi) is 6.81. The van der Waals surface area contributed by atoms with Gasteiger partial charge in [-0.15, -0.1) is 12.4 Å². The van der Waals surface area contributed by atoms with Crippen molar-refractivity contribution >= 4 is 36.0 Å². The van der Waals surface area contributed by atoms with Gasteiger partial charge in [0.1, 0.15) is 18.2 Å². The third-order valence-corrected chi connectivity index (χ3v) is 6.43. The van der Waals surface area contributed by atoms with Crippen molar-refractivity contribution in [2.45, 2.75) is 37.9 Å². The van der Waals surface area contributed by atoms with E-state index in [1.807, 2.05) is 11.8 Å². The van der Waals surface area contributed by atoms with E-state index in [1.54, 1.807) is 17.0 Å². The summed E-state index contributed by atoms with van der Waals surface area (Å²) in [6.07, 6.45) is -0.806. The lowest BCUT2D eigenvalue weighted by atomic mass is 10.1. The molecule has 1 atom stereocenters. The normalized spacial score (nSPS) is 20.5. The number of hydrogen-bond acceptors (Lipinski definition) is 6. The monoisotopic (exact) mass is 511 g/mol. The third kappa shape index (κ3) is 5.00. The Labute approximate surface area is 206 Å². The molecule has 0 unspecified atom stereocenters. The van der Waals surface area contributed by atoms with Crippen molar-refractivity contribution in [3.8, 4) is 0 Å². The van der Waals surface area contributed by atoms with E-state index >= 15 is 0 Å². The number of ether oxygens (including phenoxy) is 1. The number of cyclic esters (lactones) is 1. The fourth-order valence-corrected chi connectivity index (χ4v) is 4.38. The Morgan fingerprint density at radius 1 is 1.09 bits per heavy atom. The number of carbonyl (C=O) groups is 2. The second-order valence-corrected chi connectivity index (χ2v) is 8.89. The summed E-state index contributed by atoms with van der Waals surface area (Å²) >= 11 is 0. The second-order valence-electron chi connectivity index (χ2n) is 8.89. The van der Waals surface area contributed by atoms with E-state index < -0.39 is 17.8 Å². The molecule has 3 aliphatic rings. The fourth-order valence-electron chi connectivity index (χ4n) is 4.38. The molecule has 2 amide bonds. The Morgan fingerprint density at radius 2 is 1.80 bits per heavy atom. The minimum atomic E-state index is -4.42. The van der Waals surface area contributed by atoms with Gasteiger partial charge in [-0.3, -0.25) is 9.69 Å². The molecule has 4 heterocycles. The molecule has 0 spiro atoms. The van der Waals surface area contributed by atoms with E-state index in [4.69, 9.17) is 4.74 Å². The summed E-state index contributed by atoms with van der Waals surface area (Å²) in [4.78, 5) is 38.4. The molecule has 2 aromatic heterocycles. The van der Waals surface area contributed by atoms with E-state index in [9.17, 15) is 22.8 Å². The lowest BCUT2D eigenvalue weighted by Crippen LogP contribution is -2.49. The molecule has 188 valence electrons. The van der Waals surface area contributed by atoms with Gasteiger partial charge in [0.05, 0.1) is 17.2 Å². The topological polar surface area (TPSA) is 78.9 Å². The maximum Gasteiger partial charge on any atom is 0.417 e. The lowest BCUT2D eigenvalue weighted by Gasteiger charge is -2.36. The highest BCUT2D eigenvalue weighted by atomic mass is 35.5. The number of anilines is 2. The van der Waals surface area contributed by atoms with E-state index in [0.29, 0.717) is 55.5 Å². The van der Waals surface area contributed by atoms with Crippen LogP contribution in [0.4, 0.5) is 29.6 Å². The first-order chi connectivity index (χ1) is 16.2. The van der Waals surface area contributed by atoms with E-state index in [1.165, 1.54) is 17.2 Å². The van der Waals surface area contributed by atoms with Crippen molar-refractivity contribution in [1.29, 1.82) is 0 Å². The molecule has 0 radical (unpaired) electrons. The molecule has 0 N–H and O–H groups in total. The number of pyridine rings is 2. The first-order valence-corrected chi connectivity index (χ1v) is 11.3. The molecule has 12 heteroatoms. The number of piperazine rings is 1. The predicted octanol–water partition coefficient (Wildman–Crippen LogP) is 4.10. The number of aromatic nitrogens is 2. The zero-order valence-electron chi connectivity index (χ0n) is 19.0. The molecule has 5 rings (SSSR count). The third-order valence-electron chi connectivity index (χ3n) is 6.43. The summed E-state index contributed by atoms with van der Waals surface area (Å²) in [6, 6.07) is 4.36. The smallest absolute Gasteiger partial charge is 0.417 e. The first kappa shape index (κ1) is 25.0. The number of nitrogens with zero attached hydrogens (tertiary/aromatic N) is 5. The van der Waals surface area contributed by atoms with Crippen LogP contribution in [-0.2, 0) is 10.9 Å². The molecule has 35 heavy (non-hydrogen) atoms. The predicted molar refractivity (Wildman–Crippen MR) is 124 cm³/mol. The van der Waals surface area contributed by atoms with Gasteiger partial charge in [0.15, 0.2) is 0 Å². The molecule has 1 saturated carbocycles.